The molecular formula is C16H13ClN4O3. The minimum absolute atomic E-state index is 0.196. The largest absolute Gasteiger partial charge is 0.388 e. The van der Waals surface area contributed by atoms with E-state index in [0.29, 0.717) is 16.6 Å². The summed E-state index contributed by atoms with van der Waals surface area (Å²) in [6, 6.07) is 4.64. The number of aliphatic hydroxyl groups is 1. The third kappa shape index (κ3) is 2.47. The molecule has 4 rings (SSSR count). The van der Waals surface area contributed by atoms with Crippen LogP contribution in [-0.2, 0) is 4.74 Å². The van der Waals surface area contributed by atoms with Crippen LogP contribution in [0.4, 0.5) is 0 Å². The molecule has 0 radical (unpaired) electrons. The minimum atomic E-state index is -0.739. The van der Waals surface area contributed by atoms with Gasteiger partial charge in [-0.3, -0.25) is 14.3 Å². The Morgan fingerprint density at radius 1 is 1.38 bits per heavy atom. The predicted molar refractivity (Wildman–Crippen MR) is 87.9 cm³/mol. The third-order valence-corrected chi connectivity index (χ3v) is 4.24. The third-order valence-electron chi connectivity index (χ3n) is 4.05. The zero-order chi connectivity index (χ0) is 16.7. The second-order valence-electron chi connectivity index (χ2n) is 5.56. The van der Waals surface area contributed by atoms with Crippen molar-refractivity contribution in [2.75, 3.05) is 13.2 Å². The molecule has 24 heavy (non-hydrogen) atoms. The first-order valence-electron chi connectivity index (χ1n) is 7.39. The lowest BCUT2D eigenvalue weighted by Gasteiger charge is -2.16. The fourth-order valence-corrected chi connectivity index (χ4v) is 3.04. The van der Waals surface area contributed by atoms with Crippen LogP contribution in [0.25, 0.3) is 22.2 Å². The van der Waals surface area contributed by atoms with E-state index in [4.69, 9.17) is 16.3 Å². The highest BCUT2D eigenvalue weighted by atomic mass is 35.5. The average Bonchev–Trinajstić information content (AvgIpc) is 3.02. The van der Waals surface area contributed by atoms with Crippen LogP contribution >= 0.6 is 11.6 Å². The molecule has 7 nitrogen and oxygen atoms in total. The molecule has 0 amide bonds. The highest BCUT2D eigenvalue weighted by molar-refractivity contribution is 6.30. The molecule has 3 aromatic rings. The predicted octanol–water partition coefficient (Wildman–Crippen LogP) is 1.44. The molecule has 1 N–H and O–H groups in total. The molecule has 0 aromatic carbocycles. The molecule has 0 saturated carbocycles. The Morgan fingerprint density at radius 2 is 2.25 bits per heavy atom. The lowest BCUT2D eigenvalue weighted by molar-refractivity contribution is 0.119. The number of rotatable bonds is 2. The highest BCUT2D eigenvalue weighted by Gasteiger charge is 2.29. The van der Waals surface area contributed by atoms with Gasteiger partial charge in [-0.05, 0) is 18.2 Å². The summed E-state index contributed by atoms with van der Waals surface area (Å²) in [5, 5.41) is 10.5. The monoisotopic (exact) mass is 344 g/mol. The van der Waals surface area contributed by atoms with Crippen LogP contribution < -0.4 is 5.56 Å². The van der Waals surface area contributed by atoms with Crippen LogP contribution in [-0.4, -0.2) is 43.9 Å². The van der Waals surface area contributed by atoms with Crippen LogP contribution in [0.1, 0.15) is 6.04 Å². The Labute approximate surface area is 141 Å². The Balaban J connectivity index is 1.95. The lowest BCUT2D eigenvalue weighted by atomic mass is 10.1. The van der Waals surface area contributed by atoms with E-state index >= 15 is 0 Å². The maximum atomic E-state index is 12.9. The average molecular weight is 345 g/mol. The summed E-state index contributed by atoms with van der Waals surface area (Å²) in [6.45, 7) is 0.468. The van der Waals surface area contributed by atoms with E-state index in [0.717, 1.165) is 5.56 Å². The van der Waals surface area contributed by atoms with Gasteiger partial charge in [0.05, 0.1) is 31.0 Å². The highest BCUT2D eigenvalue weighted by Crippen LogP contribution is 2.26. The van der Waals surface area contributed by atoms with Gasteiger partial charge in [0, 0.05) is 18.0 Å². The molecular weight excluding hydrogens is 332 g/mol. The number of ether oxygens (including phenoxy) is 1. The molecule has 0 spiro atoms. The number of aromatic nitrogens is 4. The van der Waals surface area contributed by atoms with Gasteiger partial charge in [-0.15, -0.1) is 0 Å². The van der Waals surface area contributed by atoms with Crippen molar-refractivity contribution in [3.05, 3.63) is 52.4 Å². The van der Waals surface area contributed by atoms with Gasteiger partial charge in [0.25, 0.3) is 5.56 Å². The number of hydrogen-bond donors (Lipinski definition) is 1. The first-order valence-corrected chi connectivity index (χ1v) is 7.76. The first kappa shape index (κ1) is 15.2. The normalized spacial score (nSPS) is 20.6. The molecule has 2 atom stereocenters. The van der Waals surface area contributed by atoms with E-state index in [1.165, 1.54) is 17.0 Å². The summed E-state index contributed by atoms with van der Waals surface area (Å²) in [5.41, 5.74) is 1.38. The first-order chi connectivity index (χ1) is 11.6. The van der Waals surface area contributed by atoms with Gasteiger partial charge in [-0.1, -0.05) is 11.6 Å². The van der Waals surface area contributed by atoms with Gasteiger partial charge < -0.3 is 9.84 Å². The van der Waals surface area contributed by atoms with Gasteiger partial charge in [0.2, 0.25) is 0 Å². The molecule has 1 fully saturated rings. The summed E-state index contributed by atoms with van der Waals surface area (Å²) in [7, 11) is 0. The topological polar surface area (TPSA) is 90.1 Å². The number of pyridine rings is 2. The molecule has 1 aliphatic heterocycles. The van der Waals surface area contributed by atoms with E-state index in [1.807, 2.05) is 6.07 Å². The SMILES string of the molecule is O=c1c2cc(Cl)nc(-c3cccnc3)c2ncn1[C@H]1COC[C@@H]1O. The van der Waals surface area contributed by atoms with Crippen molar-refractivity contribution in [3.8, 4) is 11.3 Å². The second kappa shape index (κ2) is 5.94. The van der Waals surface area contributed by atoms with Gasteiger partial charge in [0.1, 0.15) is 22.5 Å². The van der Waals surface area contributed by atoms with Crippen molar-refractivity contribution in [2.45, 2.75) is 12.1 Å². The minimum Gasteiger partial charge on any atom is -0.388 e. The zero-order valence-corrected chi connectivity index (χ0v) is 13.2. The van der Waals surface area contributed by atoms with Gasteiger partial charge in [0.15, 0.2) is 0 Å². The van der Waals surface area contributed by atoms with Gasteiger partial charge >= 0.3 is 0 Å². The fourth-order valence-electron chi connectivity index (χ4n) is 2.85. The fraction of sp³-hybridized carbons (Fsp3) is 0.250. The summed E-state index contributed by atoms with van der Waals surface area (Å²) < 4.78 is 6.62. The molecule has 0 bridgehead atoms. The maximum absolute atomic E-state index is 12.9. The Kier molecular flexibility index (Phi) is 3.76. The quantitative estimate of drug-likeness (QED) is 0.707. The number of fused-ring (bicyclic) bond motifs is 1. The number of aliphatic hydroxyl groups excluding tert-OH is 1. The smallest absolute Gasteiger partial charge is 0.261 e. The van der Waals surface area contributed by atoms with E-state index in [1.54, 1.807) is 18.5 Å². The van der Waals surface area contributed by atoms with Crippen molar-refractivity contribution in [1.29, 1.82) is 0 Å². The van der Waals surface area contributed by atoms with Crippen molar-refractivity contribution in [3.63, 3.8) is 0 Å². The van der Waals surface area contributed by atoms with Crippen molar-refractivity contribution in [2.24, 2.45) is 0 Å². The van der Waals surface area contributed by atoms with Gasteiger partial charge in [-0.25, -0.2) is 9.97 Å². The summed E-state index contributed by atoms with van der Waals surface area (Å²) >= 11 is 6.10. The van der Waals surface area contributed by atoms with Gasteiger partial charge in [-0.2, -0.15) is 0 Å². The summed E-state index contributed by atoms with van der Waals surface area (Å²) in [4.78, 5) is 25.6. The maximum Gasteiger partial charge on any atom is 0.261 e. The van der Waals surface area contributed by atoms with Crippen LogP contribution in [0.2, 0.25) is 5.15 Å². The molecule has 4 heterocycles. The van der Waals surface area contributed by atoms with Crippen LogP contribution in [0.5, 0.6) is 0 Å². The standard InChI is InChI=1S/C16H13ClN4O3/c17-13-4-10-15(14(20-13)9-2-1-3-18-5-9)19-8-21(16(10)23)11-6-24-7-12(11)22/h1-5,8,11-12,22H,6-7H2/t11-,12-/m0/s1. The van der Waals surface area contributed by atoms with E-state index in [9.17, 15) is 9.90 Å². The zero-order valence-electron chi connectivity index (χ0n) is 12.5. The van der Waals surface area contributed by atoms with Crippen molar-refractivity contribution < 1.29 is 9.84 Å². The van der Waals surface area contributed by atoms with Crippen LogP contribution in [0.3, 0.4) is 0 Å². The van der Waals surface area contributed by atoms with Crippen LogP contribution in [0.15, 0.2) is 41.7 Å². The summed E-state index contributed by atoms with van der Waals surface area (Å²) in [5.74, 6) is 0. The Morgan fingerprint density at radius 3 is 2.96 bits per heavy atom. The van der Waals surface area contributed by atoms with Crippen molar-refractivity contribution in [1.82, 2.24) is 19.5 Å². The molecule has 3 aromatic heterocycles. The molecule has 0 aliphatic carbocycles. The summed E-state index contributed by atoms with van der Waals surface area (Å²) in [6.07, 6.45) is 3.97. The molecule has 1 saturated heterocycles. The van der Waals surface area contributed by atoms with E-state index in [2.05, 4.69) is 15.0 Å². The molecule has 8 heteroatoms. The molecule has 122 valence electrons. The van der Waals surface area contributed by atoms with E-state index < -0.39 is 12.1 Å². The second-order valence-corrected chi connectivity index (χ2v) is 5.95. The Hall–Kier alpha value is -2.35. The molecule has 0 unspecified atom stereocenters. The van der Waals surface area contributed by atoms with Crippen LogP contribution in [0, 0.1) is 0 Å². The van der Waals surface area contributed by atoms with Crippen molar-refractivity contribution >= 4 is 22.5 Å². The van der Waals surface area contributed by atoms with E-state index in [-0.39, 0.29) is 23.9 Å². The Bertz CT molecular complexity index is 961. The number of nitrogens with zero attached hydrogens (tertiary/aromatic N) is 4. The lowest BCUT2D eigenvalue weighted by Crippen LogP contribution is -2.31. The molecule has 1 aliphatic rings. The number of halogens is 1. The number of hydrogen-bond acceptors (Lipinski definition) is 6.